The second kappa shape index (κ2) is 22.4. The van der Waals surface area contributed by atoms with Crippen molar-refractivity contribution in [3.05, 3.63) is 52.0 Å². The largest absolute Gasteiger partial charge is 0.492 e. The first-order valence-electron chi connectivity index (χ1n) is 23.4. The van der Waals surface area contributed by atoms with Crippen LogP contribution in [-0.2, 0) is 0 Å². The maximum absolute atomic E-state index is 15.9. The summed E-state index contributed by atoms with van der Waals surface area (Å²) in [4.78, 5) is 4.52. The number of halogens is 1. The highest BCUT2D eigenvalue weighted by Gasteiger charge is 2.24. The molecule has 4 aromatic heterocycles. The molecular formula is C52H67FO3S4. The molecule has 0 aliphatic carbocycles. The van der Waals surface area contributed by atoms with Crippen LogP contribution in [0.2, 0.25) is 0 Å². The molecule has 0 aliphatic rings. The van der Waals surface area contributed by atoms with E-state index in [1.54, 1.807) is 22.7 Å². The van der Waals surface area contributed by atoms with E-state index < -0.39 is 0 Å². The summed E-state index contributed by atoms with van der Waals surface area (Å²) in [5.41, 5.74) is 0. The van der Waals surface area contributed by atoms with E-state index in [0.717, 1.165) is 70.6 Å². The zero-order chi connectivity index (χ0) is 41.8. The average Bonchev–Trinajstić information content (AvgIpc) is 4.00. The molecule has 3 nitrogen and oxygen atoms in total. The Bertz CT molecular complexity index is 2330. The number of thiophene rings is 4. The van der Waals surface area contributed by atoms with Crippen molar-refractivity contribution in [2.45, 2.75) is 163 Å². The van der Waals surface area contributed by atoms with E-state index in [-0.39, 0.29) is 5.82 Å². The SMILES string of the molecule is CCCCCCCCCCCCOc1c2cc3cc(-c4sc(C)c5sc(OCC)c(F)c45)sc3cc2c(OCCCCCCCCCCCC)c2cc3cc(C)sc3cc12. The fraction of sp³-hybridized carbons (Fsp3) is 0.538. The number of rotatable bonds is 27. The number of ether oxygens (including phenoxy) is 3. The van der Waals surface area contributed by atoms with Crippen LogP contribution >= 0.6 is 45.3 Å². The quantitative estimate of drug-likeness (QED) is 0.0380. The average molecular weight is 887 g/mol. The molecular weight excluding hydrogens is 820 g/mol. The molecule has 0 saturated carbocycles. The molecule has 0 bridgehead atoms. The maximum atomic E-state index is 15.9. The molecule has 0 unspecified atom stereocenters. The van der Waals surface area contributed by atoms with Crippen LogP contribution in [0.25, 0.3) is 61.6 Å². The number of hydrogen-bond acceptors (Lipinski definition) is 7. The van der Waals surface area contributed by atoms with Gasteiger partial charge in [-0.1, -0.05) is 141 Å². The molecule has 8 heteroatoms. The standard InChI is InChI=1S/C52H67FO3S4/c1-6-9-11-13-15-17-19-21-23-25-27-55-48-39-30-37-29-35(4)57-43(37)33-41(39)49(56-28-26-24-22-20-18-16-14-12-10-7-2)40-31-38-32-45(59-44(38)34-42(40)48)51-46-47(53)52(54-8-3)60-50(46)36(5)58-51/h29-34H,6-28H2,1-5H3. The van der Waals surface area contributed by atoms with Gasteiger partial charge in [0.05, 0.1) is 34.8 Å². The molecule has 7 rings (SSSR count). The lowest BCUT2D eigenvalue weighted by atomic mass is 9.98. The highest BCUT2D eigenvalue weighted by Crippen LogP contribution is 2.52. The minimum atomic E-state index is -0.231. The smallest absolute Gasteiger partial charge is 0.211 e. The van der Waals surface area contributed by atoms with Gasteiger partial charge >= 0.3 is 0 Å². The first-order valence-corrected chi connectivity index (χ1v) is 26.7. The number of unbranched alkanes of at least 4 members (excludes halogenated alkanes) is 18. The Labute approximate surface area is 374 Å². The van der Waals surface area contributed by atoms with Crippen LogP contribution in [0.3, 0.4) is 0 Å². The van der Waals surface area contributed by atoms with Gasteiger partial charge in [-0.3, -0.25) is 0 Å². The topological polar surface area (TPSA) is 27.7 Å². The van der Waals surface area contributed by atoms with Crippen LogP contribution in [0.4, 0.5) is 4.39 Å². The Kier molecular flexibility index (Phi) is 16.9. The molecule has 4 heterocycles. The fourth-order valence-corrected chi connectivity index (χ4v) is 13.3. The van der Waals surface area contributed by atoms with E-state index in [0.29, 0.717) is 30.3 Å². The van der Waals surface area contributed by atoms with Gasteiger partial charge in [0.1, 0.15) is 11.5 Å². The maximum Gasteiger partial charge on any atom is 0.211 e. The summed E-state index contributed by atoms with van der Waals surface area (Å²) in [6.07, 6.45) is 25.9. The summed E-state index contributed by atoms with van der Waals surface area (Å²) >= 11 is 6.71. The van der Waals surface area contributed by atoms with E-state index in [1.807, 2.05) is 18.3 Å². The zero-order valence-corrected chi connectivity index (χ0v) is 40.2. The third-order valence-electron chi connectivity index (χ3n) is 12.0. The Morgan fingerprint density at radius 1 is 0.483 bits per heavy atom. The first kappa shape index (κ1) is 45.1. The van der Waals surface area contributed by atoms with Crippen molar-refractivity contribution in [3.63, 3.8) is 0 Å². The van der Waals surface area contributed by atoms with Gasteiger partial charge in [-0.15, -0.1) is 34.0 Å². The highest BCUT2D eigenvalue weighted by molar-refractivity contribution is 7.30. The van der Waals surface area contributed by atoms with Gasteiger partial charge < -0.3 is 14.2 Å². The van der Waals surface area contributed by atoms with Crippen molar-refractivity contribution in [2.24, 2.45) is 0 Å². The third kappa shape index (κ3) is 10.8. The van der Waals surface area contributed by atoms with E-state index in [4.69, 9.17) is 14.2 Å². The third-order valence-corrected chi connectivity index (χ3v) is 16.7. The van der Waals surface area contributed by atoms with Gasteiger partial charge in [0, 0.05) is 45.6 Å². The van der Waals surface area contributed by atoms with Gasteiger partial charge in [-0.05, 0) is 80.8 Å². The van der Waals surface area contributed by atoms with Crippen molar-refractivity contribution in [1.82, 2.24) is 0 Å². The van der Waals surface area contributed by atoms with Crippen LogP contribution in [0.15, 0.2) is 36.4 Å². The van der Waals surface area contributed by atoms with E-state index in [2.05, 4.69) is 64.1 Å². The molecule has 0 radical (unpaired) electrons. The molecule has 0 amide bonds. The van der Waals surface area contributed by atoms with Gasteiger partial charge in [0.25, 0.3) is 0 Å². The summed E-state index contributed by atoms with van der Waals surface area (Å²) in [5.74, 6) is 1.69. The lowest BCUT2D eigenvalue weighted by Gasteiger charge is -2.19. The second-order valence-corrected chi connectivity index (χ2v) is 21.5. The number of fused-ring (bicyclic) bond motifs is 5. The predicted octanol–water partition coefficient (Wildman–Crippen LogP) is 19.1. The molecule has 0 atom stereocenters. The Balaban J connectivity index is 1.20. The molecule has 0 fully saturated rings. The lowest BCUT2D eigenvalue weighted by molar-refractivity contribution is 0.306. The highest BCUT2D eigenvalue weighted by atomic mass is 32.1. The molecule has 60 heavy (non-hydrogen) atoms. The summed E-state index contributed by atoms with van der Waals surface area (Å²) < 4.78 is 39.0. The predicted molar refractivity (Wildman–Crippen MR) is 266 cm³/mol. The zero-order valence-electron chi connectivity index (χ0n) is 37.0. The number of aryl methyl sites for hydroxylation is 2. The molecule has 7 aromatic rings. The summed E-state index contributed by atoms with van der Waals surface area (Å²) in [6.45, 7) is 12.6. The monoisotopic (exact) mass is 886 g/mol. The van der Waals surface area contributed by atoms with E-state index in [9.17, 15) is 0 Å². The molecule has 3 aromatic carbocycles. The van der Waals surface area contributed by atoms with Crippen molar-refractivity contribution in [3.8, 4) is 26.3 Å². The minimum absolute atomic E-state index is 0.231. The van der Waals surface area contributed by atoms with Crippen molar-refractivity contribution in [2.75, 3.05) is 19.8 Å². The second-order valence-electron chi connectivity index (χ2n) is 16.9. The van der Waals surface area contributed by atoms with Crippen LogP contribution in [0.5, 0.6) is 16.6 Å². The van der Waals surface area contributed by atoms with Gasteiger partial charge in [0.2, 0.25) is 5.06 Å². The van der Waals surface area contributed by atoms with E-state index in [1.165, 1.54) is 147 Å². The molecule has 0 N–H and O–H groups in total. The fourth-order valence-electron chi connectivity index (χ4n) is 8.79. The summed E-state index contributed by atoms with van der Waals surface area (Å²) in [6, 6.07) is 13.9. The Hall–Kier alpha value is -2.91. The Morgan fingerprint density at radius 2 is 0.950 bits per heavy atom. The van der Waals surface area contributed by atoms with Crippen LogP contribution < -0.4 is 14.2 Å². The lowest BCUT2D eigenvalue weighted by Crippen LogP contribution is -2.02. The number of hydrogen-bond donors (Lipinski definition) is 0. The first-order chi connectivity index (χ1) is 29.4. The normalized spacial score (nSPS) is 12.0. The molecule has 0 aliphatic heterocycles. The van der Waals surface area contributed by atoms with Crippen molar-refractivity contribution >= 4 is 97.2 Å². The molecule has 0 spiro atoms. The van der Waals surface area contributed by atoms with Gasteiger partial charge in [0.15, 0.2) is 5.82 Å². The van der Waals surface area contributed by atoms with Crippen molar-refractivity contribution in [1.29, 1.82) is 0 Å². The van der Waals surface area contributed by atoms with Crippen molar-refractivity contribution < 1.29 is 18.6 Å². The minimum Gasteiger partial charge on any atom is -0.492 e. The van der Waals surface area contributed by atoms with Crippen LogP contribution in [0, 0.1) is 19.7 Å². The molecule has 0 saturated heterocycles. The summed E-state index contributed by atoms with van der Waals surface area (Å²) in [5, 5.41) is 7.97. The Morgan fingerprint density at radius 3 is 1.47 bits per heavy atom. The van der Waals surface area contributed by atoms with E-state index >= 15 is 4.39 Å². The van der Waals surface area contributed by atoms with Crippen LogP contribution in [-0.4, -0.2) is 19.8 Å². The molecule has 324 valence electrons. The van der Waals surface area contributed by atoms with Crippen LogP contribution in [0.1, 0.15) is 159 Å². The number of benzene rings is 3. The van der Waals surface area contributed by atoms with Gasteiger partial charge in [-0.25, -0.2) is 4.39 Å². The van der Waals surface area contributed by atoms with Gasteiger partial charge in [-0.2, -0.15) is 0 Å². The summed E-state index contributed by atoms with van der Waals surface area (Å²) in [7, 11) is 0.